The first-order chi connectivity index (χ1) is 17.3. The number of methoxy groups -OCH3 is 2. The molecule has 0 saturated carbocycles. The average molecular weight is 508 g/mol. The number of fused-ring (bicyclic) bond motifs is 1. The van der Waals surface area contributed by atoms with Crippen molar-refractivity contribution in [1.29, 1.82) is 0 Å². The summed E-state index contributed by atoms with van der Waals surface area (Å²) >= 11 is 1.26. The van der Waals surface area contributed by atoms with E-state index in [0.29, 0.717) is 37.7 Å². The lowest BCUT2D eigenvalue weighted by atomic mass is 9.95. The van der Waals surface area contributed by atoms with Crippen molar-refractivity contribution in [3.05, 3.63) is 84.5 Å². The Hall–Kier alpha value is -3.85. The lowest BCUT2D eigenvalue weighted by Gasteiger charge is -2.25. The van der Waals surface area contributed by atoms with E-state index >= 15 is 0 Å². The smallest absolute Gasteiger partial charge is 0.338 e. The second-order valence-corrected chi connectivity index (χ2v) is 9.41. The van der Waals surface area contributed by atoms with E-state index in [-0.39, 0.29) is 12.2 Å². The largest absolute Gasteiger partial charge is 0.497 e. The molecular weight excluding hydrogens is 478 g/mol. The number of hydrogen-bond acceptors (Lipinski definition) is 8. The van der Waals surface area contributed by atoms with Crippen LogP contribution in [0.2, 0.25) is 0 Å². The summed E-state index contributed by atoms with van der Waals surface area (Å²) in [6.45, 7) is 3.75. The van der Waals surface area contributed by atoms with Gasteiger partial charge < -0.3 is 19.1 Å². The highest BCUT2D eigenvalue weighted by atomic mass is 32.1. The number of carbonyl (C=O) groups is 1. The highest BCUT2D eigenvalue weighted by molar-refractivity contribution is 7.07. The van der Waals surface area contributed by atoms with Crippen molar-refractivity contribution < 1.29 is 19.0 Å². The predicted molar refractivity (Wildman–Crippen MR) is 141 cm³/mol. The number of anilines is 1. The number of thiazole rings is 1. The quantitative estimate of drug-likeness (QED) is 0.458. The number of ether oxygens (including phenoxy) is 3. The topological polar surface area (TPSA) is 82.4 Å². The van der Waals surface area contributed by atoms with Crippen molar-refractivity contribution in [3.63, 3.8) is 0 Å². The molecule has 188 valence electrons. The number of carbonyl (C=O) groups excluding carboxylic acids is 1. The average Bonchev–Trinajstić information content (AvgIpc) is 3.17. The Morgan fingerprint density at radius 3 is 2.47 bits per heavy atom. The van der Waals surface area contributed by atoms with Crippen molar-refractivity contribution >= 4 is 29.1 Å². The van der Waals surface area contributed by atoms with Gasteiger partial charge >= 0.3 is 5.97 Å². The van der Waals surface area contributed by atoms with E-state index in [9.17, 15) is 9.59 Å². The minimum atomic E-state index is -0.661. The summed E-state index contributed by atoms with van der Waals surface area (Å²) in [5.41, 5.74) is 3.14. The van der Waals surface area contributed by atoms with E-state index in [1.807, 2.05) is 49.3 Å². The Labute approximate surface area is 213 Å². The van der Waals surface area contributed by atoms with Crippen molar-refractivity contribution in [1.82, 2.24) is 4.57 Å². The van der Waals surface area contributed by atoms with Crippen molar-refractivity contribution in [2.45, 2.75) is 19.9 Å². The van der Waals surface area contributed by atoms with Gasteiger partial charge in [0.25, 0.3) is 5.56 Å². The molecule has 36 heavy (non-hydrogen) atoms. The van der Waals surface area contributed by atoms with Crippen LogP contribution >= 0.6 is 11.3 Å². The van der Waals surface area contributed by atoms with Gasteiger partial charge in [0.05, 0.1) is 42.7 Å². The van der Waals surface area contributed by atoms with E-state index in [0.717, 1.165) is 11.3 Å². The summed E-state index contributed by atoms with van der Waals surface area (Å²) in [6.07, 6.45) is 1.76. The monoisotopic (exact) mass is 507 g/mol. The van der Waals surface area contributed by atoms with Crippen LogP contribution in [-0.2, 0) is 9.53 Å². The van der Waals surface area contributed by atoms with Gasteiger partial charge in [-0.15, -0.1) is 0 Å². The SMILES string of the molecule is CCOC(=O)C1=C(C)N=c2s/c(=C\c3cc(OC)ccc3OC)c(=O)n2[C@H]1c1ccc(N(C)C)cc1. The van der Waals surface area contributed by atoms with Gasteiger partial charge in [0, 0.05) is 25.3 Å². The number of nitrogens with zero attached hydrogens (tertiary/aromatic N) is 3. The number of rotatable bonds is 7. The molecule has 9 heteroatoms. The van der Waals surface area contributed by atoms with Crippen molar-refractivity contribution in [2.24, 2.45) is 4.99 Å². The zero-order valence-electron chi connectivity index (χ0n) is 21.2. The van der Waals surface area contributed by atoms with Crippen LogP contribution in [0.5, 0.6) is 11.5 Å². The number of allylic oxidation sites excluding steroid dienone is 1. The molecule has 2 heterocycles. The van der Waals surface area contributed by atoms with Crippen LogP contribution in [0.4, 0.5) is 5.69 Å². The molecule has 0 N–H and O–H groups in total. The predicted octanol–water partition coefficient (Wildman–Crippen LogP) is 2.88. The Bertz CT molecular complexity index is 1500. The Morgan fingerprint density at radius 1 is 1.14 bits per heavy atom. The normalized spacial score (nSPS) is 15.3. The fourth-order valence-electron chi connectivity index (χ4n) is 4.16. The first-order valence-corrected chi connectivity index (χ1v) is 12.3. The molecule has 8 nitrogen and oxygen atoms in total. The molecule has 0 radical (unpaired) electrons. The first kappa shape index (κ1) is 25.2. The molecule has 1 aromatic heterocycles. The zero-order valence-corrected chi connectivity index (χ0v) is 22.0. The summed E-state index contributed by atoms with van der Waals surface area (Å²) in [7, 11) is 7.08. The van der Waals surface area contributed by atoms with E-state index in [4.69, 9.17) is 14.2 Å². The summed E-state index contributed by atoms with van der Waals surface area (Å²) in [6, 6.07) is 12.5. The van der Waals surface area contributed by atoms with Crippen LogP contribution < -0.4 is 29.3 Å². The molecule has 0 bridgehead atoms. The van der Waals surface area contributed by atoms with Crippen molar-refractivity contribution in [2.75, 3.05) is 39.8 Å². The number of hydrogen-bond donors (Lipinski definition) is 0. The summed E-state index contributed by atoms with van der Waals surface area (Å²) in [4.78, 5) is 34.0. The fraction of sp³-hybridized carbons (Fsp3) is 0.296. The number of benzene rings is 2. The minimum absolute atomic E-state index is 0.224. The first-order valence-electron chi connectivity index (χ1n) is 11.5. The summed E-state index contributed by atoms with van der Waals surface area (Å²) in [5.74, 6) is 0.777. The molecule has 0 fully saturated rings. The van der Waals surface area contributed by atoms with E-state index in [1.165, 1.54) is 11.3 Å². The Balaban J connectivity index is 1.95. The van der Waals surface area contributed by atoms with E-state index in [1.54, 1.807) is 50.8 Å². The molecule has 1 aliphatic heterocycles. The Kier molecular flexibility index (Phi) is 7.30. The van der Waals surface area contributed by atoms with Crippen LogP contribution in [0.25, 0.3) is 6.08 Å². The van der Waals surface area contributed by atoms with Gasteiger partial charge in [-0.25, -0.2) is 9.79 Å². The third-order valence-electron chi connectivity index (χ3n) is 5.97. The maximum atomic E-state index is 13.8. The van der Waals surface area contributed by atoms with Gasteiger partial charge in [-0.05, 0) is 55.8 Å². The maximum absolute atomic E-state index is 13.8. The van der Waals surface area contributed by atoms with Crippen LogP contribution in [-0.4, -0.2) is 45.5 Å². The Morgan fingerprint density at radius 2 is 1.86 bits per heavy atom. The third-order valence-corrected chi connectivity index (χ3v) is 6.95. The molecule has 1 aliphatic rings. The van der Waals surface area contributed by atoms with Crippen LogP contribution in [0.3, 0.4) is 0 Å². The van der Waals surface area contributed by atoms with Gasteiger partial charge in [0.2, 0.25) is 0 Å². The van der Waals surface area contributed by atoms with Gasteiger partial charge in [-0.2, -0.15) is 0 Å². The van der Waals surface area contributed by atoms with Crippen molar-refractivity contribution in [3.8, 4) is 11.5 Å². The lowest BCUT2D eigenvalue weighted by Crippen LogP contribution is -2.40. The second kappa shape index (κ2) is 10.4. The van der Waals surface area contributed by atoms with Gasteiger partial charge in [0.1, 0.15) is 11.5 Å². The van der Waals surface area contributed by atoms with E-state index < -0.39 is 12.0 Å². The molecule has 0 aliphatic carbocycles. The van der Waals surface area contributed by atoms with Gasteiger partial charge in [-0.3, -0.25) is 9.36 Å². The summed E-state index contributed by atoms with van der Waals surface area (Å²) in [5, 5.41) is 0. The van der Waals surface area contributed by atoms with Crippen LogP contribution in [0.1, 0.15) is 31.0 Å². The molecule has 0 saturated heterocycles. The minimum Gasteiger partial charge on any atom is -0.497 e. The highest BCUT2D eigenvalue weighted by Gasteiger charge is 2.33. The molecule has 0 amide bonds. The standard InChI is InChI=1S/C27H29N3O5S/c1-7-35-26(32)23-16(2)28-27-30(24(23)17-8-10-19(11-9-17)29(3)4)25(31)22(36-27)15-18-14-20(33-5)12-13-21(18)34-6/h8-15,24H,7H2,1-6H3/b22-15-/t24-/m0/s1. The third kappa shape index (κ3) is 4.66. The maximum Gasteiger partial charge on any atom is 0.338 e. The zero-order chi connectivity index (χ0) is 26.0. The fourth-order valence-corrected chi connectivity index (χ4v) is 5.19. The highest BCUT2D eigenvalue weighted by Crippen LogP contribution is 2.32. The van der Waals surface area contributed by atoms with E-state index in [2.05, 4.69) is 4.99 Å². The molecule has 1 atom stereocenters. The lowest BCUT2D eigenvalue weighted by molar-refractivity contribution is -0.139. The van der Waals surface area contributed by atoms with Gasteiger partial charge in [0.15, 0.2) is 4.80 Å². The molecule has 0 unspecified atom stereocenters. The van der Waals surface area contributed by atoms with Gasteiger partial charge in [-0.1, -0.05) is 23.5 Å². The number of aromatic nitrogens is 1. The second-order valence-electron chi connectivity index (χ2n) is 8.40. The molecule has 3 aromatic rings. The molecular formula is C27H29N3O5S. The molecule has 2 aromatic carbocycles. The van der Waals surface area contributed by atoms with Crippen LogP contribution in [0.15, 0.2) is 63.5 Å². The summed E-state index contributed by atoms with van der Waals surface area (Å²) < 4.78 is 18.2. The molecule has 4 rings (SSSR count). The van der Waals surface area contributed by atoms with Crippen LogP contribution in [0, 0.1) is 0 Å². The molecule has 0 spiro atoms. The number of esters is 1.